The number of methoxy groups -OCH3 is 6. The number of rotatable bonds is 9. The van der Waals surface area contributed by atoms with Crippen LogP contribution in [0.5, 0.6) is 34.5 Å². The van der Waals surface area contributed by atoms with Crippen molar-refractivity contribution in [2.75, 3.05) is 42.7 Å². The van der Waals surface area contributed by atoms with Crippen LogP contribution in [0.1, 0.15) is 0 Å². The summed E-state index contributed by atoms with van der Waals surface area (Å²) in [6, 6.07) is 4.14. The Morgan fingerprint density at radius 2 is 0.700 bits per heavy atom. The van der Waals surface area contributed by atoms with Crippen LogP contribution < -0.4 is 28.4 Å². The first-order chi connectivity index (χ1) is 14.1. The van der Waals surface area contributed by atoms with Gasteiger partial charge in [0, 0.05) is 24.3 Å². The third kappa shape index (κ3) is 3.79. The van der Waals surface area contributed by atoms with Gasteiger partial charge in [-0.1, -0.05) is 0 Å². The Hall–Kier alpha value is -2.86. The summed E-state index contributed by atoms with van der Waals surface area (Å²) in [5.41, 5.74) is 0. The third-order valence-corrected chi connectivity index (χ3v) is 9.23. The Kier molecular flexibility index (Phi) is 6.93. The molecule has 2 aromatic carbocycles. The smallest absolute Gasteiger partial charge is 0.286 e. The van der Waals surface area contributed by atoms with Gasteiger partial charge in [0.2, 0.25) is 11.5 Å². The van der Waals surface area contributed by atoms with E-state index in [0.717, 1.165) is 24.3 Å². The molecule has 0 N–H and O–H groups in total. The minimum Gasteiger partial charge on any atom is -0.493 e. The highest BCUT2D eigenvalue weighted by atomic mass is 33.2. The Bertz CT molecular complexity index is 996. The van der Waals surface area contributed by atoms with Crippen LogP contribution in [-0.2, 0) is 17.7 Å². The van der Waals surface area contributed by atoms with E-state index in [4.69, 9.17) is 28.4 Å². The van der Waals surface area contributed by atoms with E-state index in [1.54, 1.807) is 0 Å². The molecule has 2 aromatic rings. The maximum Gasteiger partial charge on any atom is 0.286 e. The lowest BCUT2D eigenvalue weighted by atomic mass is 10.3. The molecule has 0 amide bonds. The van der Waals surface area contributed by atoms with Gasteiger partial charge in [0.1, 0.15) is 0 Å². The molecule has 0 saturated heterocycles. The third-order valence-electron chi connectivity index (χ3n) is 4.14. The summed E-state index contributed by atoms with van der Waals surface area (Å²) in [4.78, 5) is -1.13. The van der Waals surface area contributed by atoms with E-state index in [0.29, 0.717) is 0 Å². The highest BCUT2D eigenvalue weighted by molar-refractivity contribution is 8.67. The minimum atomic E-state index is -4.95. The minimum absolute atomic E-state index is 0.0180. The largest absolute Gasteiger partial charge is 0.493 e. The lowest BCUT2D eigenvalue weighted by molar-refractivity contribution is 0.322. The van der Waals surface area contributed by atoms with Crippen molar-refractivity contribution in [2.24, 2.45) is 0 Å². The fraction of sp³-hybridized carbons (Fsp3) is 0.333. The summed E-state index contributed by atoms with van der Waals surface area (Å²) in [5, 5.41) is 0. The van der Waals surface area contributed by atoms with Crippen molar-refractivity contribution in [1.29, 1.82) is 0 Å². The van der Waals surface area contributed by atoms with Crippen LogP contribution in [0.4, 0.5) is 0 Å². The topological polar surface area (TPSA) is 124 Å². The van der Waals surface area contributed by atoms with Crippen LogP contribution >= 0.6 is 0 Å². The SMILES string of the molecule is COc1cc(S(=O)(=O)S(=O)(=O)c2cc(OC)c(OC)c(OC)c2)cc(OC)c1OC. The monoisotopic (exact) mass is 462 g/mol. The summed E-state index contributed by atoms with van der Waals surface area (Å²) in [6.07, 6.45) is 0. The molecule has 10 nitrogen and oxygen atoms in total. The lowest BCUT2D eigenvalue weighted by Gasteiger charge is -2.16. The van der Waals surface area contributed by atoms with Crippen LogP contribution in [0.25, 0.3) is 0 Å². The summed E-state index contributed by atoms with van der Waals surface area (Å²) < 4.78 is 83.1. The molecule has 0 aliphatic rings. The van der Waals surface area contributed by atoms with Gasteiger partial charge in [-0.25, -0.2) is 16.8 Å². The molecule has 0 aromatic heterocycles. The van der Waals surface area contributed by atoms with Gasteiger partial charge in [0.25, 0.3) is 17.7 Å². The van der Waals surface area contributed by atoms with E-state index in [-0.39, 0.29) is 34.5 Å². The summed E-state index contributed by atoms with van der Waals surface area (Å²) in [7, 11) is -2.11. The number of hydrogen-bond acceptors (Lipinski definition) is 10. The Morgan fingerprint density at radius 3 is 0.867 bits per heavy atom. The van der Waals surface area contributed by atoms with E-state index in [1.165, 1.54) is 42.7 Å². The second kappa shape index (κ2) is 8.88. The molecule has 2 rings (SSSR count). The van der Waals surface area contributed by atoms with Crippen molar-refractivity contribution in [2.45, 2.75) is 9.79 Å². The van der Waals surface area contributed by atoms with Gasteiger partial charge in [-0.2, -0.15) is 0 Å². The van der Waals surface area contributed by atoms with Gasteiger partial charge in [-0.3, -0.25) is 0 Å². The van der Waals surface area contributed by atoms with Crippen molar-refractivity contribution in [3.63, 3.8) is 0 Å². The highest BCUT2D eigenvalue weighted by Gasteiger charge is 2.37. The van der Waals surface area contributed by atoms with Crippen LogP contribution in [0, 0.1) is 0 Å². The summed E-state index contributed by atoms with van der Waals surface area (Å²) in [5.74, 6) is 0.158. The highest BCUT2D eigenvalue weighted by Crippen LogP contribution is 2.43. The second-order valence-corrected chi connectivity index (χ2v) is 11.0. The molecule has 30 heavy (non-hydrogen) atoms. The fourth-order valence-electron chi connectivity index (χ4n) is 2.66. The van der Waals surface area contributed by atoms with Gasteiger partial charge in [-0.15, -0.1) is 0 Å². The molecule has 0 fully saturated rings. The average molecular weight is 462 g/mol. The van der Waals surface area contributed by atoms with Gasteiger partial charge >= 0.3 is 0 Å². The maximum atomic E-state index is 13.1. The molecule has 0 bridgehead atoms. The Morgan fingerprint density at radius 1 is 0.467 bits per heavy atom. The molecule has 0 saturated carbocycles. The predicted molar refractivity (Wildman–Crippen MR) is 107 cm³/mol. The second-order valence-electron chi connectivity index (χ2n) is 5.63. The van der Waals surface area contributed by atoms with E-state index >= 15 is 0 Å². The number of ether oxygens (including phenoxy) is 6. The van der Waals surface area contributed by atoms with Gasteiger partial charge < -0.3 is 28.4 Å². The molecule has 166 valence electrons. The standard InChI is InChI=1S/C18H22O10S2/c1-23-13-7-11(8-14(24-2)17(13)27-5)29(19,20)30(21,22)12-9-15(25-3)18(28-6)16(10-12)26-4/h7-10H,1-6H3. The zero-order valence-corrected chi connectivity index (χ0v) is 18.8. The first-order valence-electron chi connectivity index (χ1n) is 8.23. The quantitative estimate of drug-likeness (QED) is 0.510. The predicted octanol–water partition coefficient (Wildman–Crippen LogP) is 1.90. The fourth-order valence-corrected chi connectivity index (χ4v) is 6.27. The zero-order chi connectivity index (χ0) is 22.7. The molecular formula is C18H22O10S2. The lowest BCUT2D eigenvalue weighted by Crippen LogP contribution is -2.17. The molecular weight excluding hydrogens is 440 g/mol. The van der Waals surface area contributed by atoms with E-state index in [2.05, 4.69) is 0 Å². The van der Waals surface area contributed by atoms with Crippen molar-refractivity contribution in [3.8, 4) is 34.5 Å². The van der Waals surface area contributed by atoms with Crippen molar-refractivity contribution < 1.29 is 45.3 Å². The number of benzene rings is 2. The molecule has 0 aliphatic carbocycles. The molecule has 0 heterocycles. The van der Waals surface area contributed by atoms with E-state index in [9.17, 15) is 16.8 Å². The summed E-state index contributed by atoms with van der Waals surface area (Å²) >= 11 is 0. The van der Waals surface area contributed by atoms with Crippen LogP contribution in [0.2, 0.25) is 0 Å². The van der Waals surface area contributed by atoms with Gasteiger partial charge in [0.15, 0.2) is 23.0 Å². The molecule has 0 unspecified atom stereocenters. The Labute approximate surface area is 174 Å². The van der Waals surface area contributed by atoms with E-state index < -0.39 is 27.5 Å². The van der Waals surface area contributed by atoms with Gasteiger partial charge in [-0.05, 0) is 0 Å². The summed E-state index contributed by atoms with van der Waals surface area (Å²) in [6.45, 7) is 0. The zero-order valence-electron chi connectivity index (χ0n) is 17.2. The molecule has 0 atom stereocenters. The first-order valence-corrected chi connectivity index (χ1v) is 11.7. The van der Waals surface area contributed by atoms with Crippen LogP contribution in [0.15, 0.2) is 34.1 Å². The maximum absolute atomic E-state index is 13.1. The molecule has 0 spiro atoms. The average Bonchev–Trinajstić information content (AvgIpc) is 2.76. The first kappa shape index (κ1) is 23.4. The van der Waals surface area contributed by atoms with Gasteiger partial charge in [0.05, 0.1) is 52.4 Å². The van der Waals surface area contributed by atoms with Crippen molar-refractivity contribution in [3.05, 3.63) is 24.3 Å². The number of hydrogen-bond donors (Lipinski definition) is 0. The molecule has 0 aliphatic heterocycles. The van der Waals surface area contributed by atoms with E-state index in [1.807, 2.05) is 0 Å². The Balaban J connectivity index is 2.77. The van der Waals surface area contributed by atoms with Crippen molar-refractivity contribution >= 4 is 17.7 Å². The van der Waals surface area contributed by atoms with Crippen molar-refractivity contribution in [1.82, 2.24) is 0 Å². The van der Waals surface area contributed by atoms with Crippen LogP contribution in [0.3, 0.4) is 0 Å². The van der Waals surface area contributed by atoms with Crippen LogP contribution in [-0.4, -0.2) is 59.5 Å². The normalized spacial score (nSPS) is 11.5. The molecule has 12 heteroatoms. The molecule has 0 radical (unpaired) electrons.